The molecule has 0 spiro atoms. The van der Waals surface area contributed by atoms with Crippen LogP contribution in [-0.2, 0) is 16.2 Å². The summed E-state index contributed by atoms with van der Waals surface area (Å²) in [6.45, 7) is 20.5. The lowest BCUT2D eigenvalue weighted by Gasteiger charge is -2.29. The van der Waals surface area contributed by atoms with E-state index in [1.165, 1.54) is 82.4 Å². The Morgan fingerprint density at radius 1 is 0.295 bits per heavy atom. The van der Waals surface area contributed by atoms with Crippen molar-refractivity contribution in [2.75, 3.05) is 4.90 Å². The molecule has 0 aliphatic rings. The van der Waals surface area contributed by atoms with Gasteiger partial charge < -0.3 is 4.90 Å². The van der Waals surface area contributed by atoms with Gasteiger partial charge in [-0.1, -0.05) is 202 Å². The second-order valence-electron chi connectivity index (χ2n) is 19.9. The summed E-state index contributed by atoms with van der Waals surface area (Å²) in [5.74, 6) is 0. The molecule has 0 aromatic heterocycles. The zero-order valence-corrected chi connectivity index (χ0v) is 37.3. The number of hydrogen-bond acceptors (Lipinski definition) is 1. The number of benzene rings is 9. The zero-order valence-electron chi connectivity index (χ0n) is 37.3. The third-order valence-electron chi connectivity index (χ3n) is 12.5. The highest BCUT2D eigenvalue weighted by molar-refractivity contribution is 6.33. The van der Waals surface area contributed by atoms with Crippen molar-refractivity contribution in [3.05, 3.63) is 199 Å². The first-order chi connectivity index (χ1) is 29.2. The SMILES string of the molecule is CC(C)(C)c1ccc(-c2cc(-c3ccccc3)c3c4ccccc4c4cc(N(c5ccc(C(C)(C)C)cc5)c5ccc(C(C)(C)C)cc5)ccc4c3c2-c2ccccc2)cc1. The number of anilines is 3. The minimum Gasteiger partial charge on any atom is -0.310 e. The molecule has 0 aliphatic carbocycles. The van der Waals surface area contributed by atoms with E-state index in [1.807, 2.05) is 0 Å². The van der Waals surface area contributed by atoms with E-state index in [0.29, 0.717) is 0 Å². The lowest BCUT2D eigenvalue weighted by molar-refractivity contribution is 0.590. The number of nitrogens with zero attached hydrogens (tertiary/aromatic N) is 1. The van der Waals surface area contributed by atoms with Crippen molar-refractivity contribution in [3.63, 3.8) is 0 Å². The number of fused-ring (bicyclic) bond motifs is 6. The summed E-state index contributed by atoms with van der Waals surface area (Å²) in [7, 11) is 0. The van der Waals surface area contributed by atoms with Gasteiger partial charge >= 0.3 is 0 Å². The van der Waals surface area contributed by atoms with E-state index in [9.17, 15) is 0 Å². The third kappa shape index (κ3) is 7.52. The van der Waals surface area contributed by atoms with Gasteiger partial charge in [-0.15, -0.1) is 0 Å². The van der Waals surface area contributed by atoms with Crippen LogP contribution < -0.4 is 4.90 Å². The molecule has 61 heavy (non-hydrogen) atoms. The molecule has 0 saturated carbocycles. The van der Waals surface area contributed by atoms with Gasteiger partial charge in [0.2, 0.25) is 0 Å². The lowest BCUT2D eigenvalue weighted by Crippen LogP contribution is -2.14. The van der Waals surface area contributed by atoms with Crippen molar-refractivity contribution < 1.29 is 0 Å². The van der Waals surface area contributed by atoms with Gasteiger partial charge in [-0.05, 0) is 141 Å². The average molecular weight is 792 g/mol. The monoisotopic (exact) mass is 791 g/mol. The van der Waals surface area contributed by atoms with Gasteiger partial charge in [0, 0.05) is 17.1 Å². The molecule has 9 rings (SSSR count). The normalized spacial score (nSPS) is 12.3. The van der Waals surface area contributed by atoms with Gasteiger partial charge in [-0.25, -0.2) is 0 Å². The largest absolute Gasteiger partial charge is 0.310 e. The van der Waals surface area contributed by atoms with Gasteiger partial charge in [-0.2, -0.15) is 0 Å². The van der Waals surface area contributed by atoms with Crippen molar-refractivity contribution >= 4 is 49.4 Å². The summed E-state index contributed by atoms with van der Waals surface area (Å²) in [6.07, 6.45) is 0. The average Bonchev–Trinajstić information content (AvgIpc) is 3.26. The summed E-state index contributed by atoms with van der Waals surface area (Å²) in [6, 6.07) is 68.3. The van der Waals surface area contributed by atoms with Crippen molar-refractivity contribution in [1.29, 1.82) is 0 Å². The third-order valence-corrected chi connectivity index (χ3v) is 12.5. The summed E-state index contributed by atoms with van der Waals surface area (Å²) in [5.41, 5.74) is 14.9. The molecule has 9 aromatic rings. The molecule has 0 radical (unpaired) electrons. The predicted molar refractivity (Wildman–Crippen MR) is 266 cm³/mol. The van der Waals surface area contributed by atoms with Crippen LogP contribution in [0.1, 0.15) is 79.0 Å². The van der Waals surface area contributed by atoms with Crippen molar-refractivity contribution in [2.45, 2.75) is 78.6 Å². The van der Waals surface area contributed by atoms with Crippen LogP contribution in [-0.4, -0.2) is 0 Å². The van der Waals surface area contributed by atoms with Crippen LogP contribution in [0.25, 0.3) is 65.7 Å². The Labute approximate surface area is 363 Å². The minimum atomic E-state index is 0.0587. The van der Waals surface area contributed by atoms with E-state index in [2.05, 4.69) is 249 Å². The predicted octanol–water partition coefficient (Wildman–Crippen LogP) is 17.5. The van der Waals surface area contributed by atoms with Gasteiger partial charge in [0.15, 0.2) is 0 Å². The molecular weight excluding hydrogens is 735 g/mol. The van der Waals surface area contributed by atoms with Crippen molar-refractivity contribution in [3.8, 4) is 33.4 Å². The minimum absolute atomic E-state index is 0.0587. The zero-order chi connectivity index (χ0) is 42.7. The van der Waals surface area contributed by atoms with E-state index in [-0.39, 0.29) is 16.2 Å². The maximum absolute atomic E-state index is 2.46. The van der Waals surface area contributed by atoms with Crippen LogP contribution in [0.5, 0.6) is 0 Å². The molecule has 0 unspecified atom stereocenters. The molecule has 1 nitrogen and oxygen atoms in total. The second-order valence-corrected chi connectivity index (χ2v) is 19.9. The summed E-state index contributed by atoms with van der Waals surface area (Å²) >= 11 is 0. The lowest BCUT2D eigenvalue weighted by atomic mass is 9.80. The van der Waals surface area contributed by atoms with Gasteiger partial charge in [0.1, 0.15) is 0 Å². The maximum Gasteiger partial charge on any atom is 0.0468 e. The fourth-order valence-electron chi connectivity index (χ4n) is 9.08. The van der Waals surface area contributed by atoms with E-state index in [0.717, 1.165) is 17.1 Å². The highest BCUT2D eigenvalue weighted by Gasteiger charge is 2.24. The van der Waals surface area contributed by atoms with Gasteiger partial charge in [0.25, 0.3) is 0 Å². The Morgan fingerprint density at radius 2 is 0.705 bits per heavy atom. The molecule has 0 fully saturated rings. The molecular formula is C60H57N. The number of rotatable bonds is 6. The molecule has 0 N–H and O–H groups in total. The fourth-order valence-corrected chi connectivity index (χ4v) is 9.08. The molecule has 302 valence electrons. The highest BCUT2D eigenvalue weighted by atomic mass is 15.1. The molecule has 0 saturated heterocycles. The van der Waals surface area contributed by atoms with Crippen LogP contribution >= 0.6 is 0 Å². The molecule has 0 atom stereocenters. The summed E-state index contributed by atoms with van der Waals surface area (Å²) < 4.78 is 0. The smallest absolute Gasteiger partial charge is 0.0468 e. The first-order valence-electron chi connectivity index (χ1n) is 21.8. The standard InChI is InChI=1S/C60H57N/c1-58(2,3)43-26-24-41(25-27-43)52-39-53(40-18-12-10-13-19-40)56-50-23-17-16-22-49(50)54-38-48(36-37-51(54)57(56)55(52)42-20-14-11-15-21-42)61(46-32-28-44(29-33-46)59(4,5)6)47-34-30-45(31-35-47)60(7,8)9/h10-39H,1-9H3. The van der Waals surface area contributed by atoms with E-state index in [4.69, 9.17) is 0 Å². The fraction of sp³-hybridized carbons (Fsp3) is 0.200. The van der Waals surface area contributed by atoms with E-state index >= 15 is 0 Å². The first kappa shape index (κ1) is 40.0. The molecule has 9 aromatic carbocycles. The second kappa shape index (κ2) is 15.2. The van der Waals surface area contributed by atoms with Gasteiger partial charge in [-0.3, -0.25) is 0 Å². The molecule has 0 amide bonds. The van der Waals surface area contributed by atoms with Crippen molar-refractivity contribution in [1.82, 2.24) is 0 Å². The molecule has 0 aliphatic heterocycles. The van der Waals surface area contributed by atoms with Crippen LogP contribution in [0.3, 0.4) is 0 Å². The van der Waals surface area contributed by atoms with Crippen LogP contribution in [0.15, 0.2) is 182 Å². The topological polar surface area (TPSA) is 3.24 Å². The Kier molecular flexibility index (Phi) is 9.99. The summed E-state index contributed by atoms with van der Waals surface area (Å²) in [5, 5.41) is 7.54. The van der Waals surface area contributed by atoms with Crippen LogP contribution in [0.4, 0.5) is 17.1 Å². The van der Waals surface area contributed by atoms with Gasteiger partial charge in [0.05, 0.1) is 0 Å². The quantitative estimate of drug-likeness (QED) is 0.152. The van der Waals surface area contributed by atoms with Crippen molar-refractivity contribution in [2.24, 2.45) is 0 Å². The molecule has 1 heteroatoms. The Bertz CT molecular complexity index is 2950. The maximum atomic E-state index is 2.46. The Hall–Kier alpha value is -6.44. The van der Waals surface area contributed by atoms with Crippen LogP contribution in [0.2, 0.25) is 0 Å². The first-order valence-corrected chi connectivity index (χ1v) is 21.8. The highest BCUT2D eigenvalue weighted by Crippen LogP contribution is 2.50. The Balaban J connectivity index is 1.39. The summed E-state index contributed by atoms with van der Waals surface area (Å²) in [4.78, 5) is 2.43. The molecule has 0 heterocycles. The van der Waals surface area contributed by atoms with E-state index in [1.54, 1.807) is 0 Å². The molecule has 0 bridgehead atoms. The van der Waals surface area contributed by atoms with E-state index < -0.39 is 0 Å². The Morgan fingerprint density at radius 3 is 1.21 bits per heavy atom. The number of hydrogen-bond donors (Lipinski definition) is 0. The van der Waals surface area contributed by atoms with Crippen LogP contribution in [0, 0.1) is 0 Å².